The third-order valence-electron chi connectivity index (χ3n) is 4.85. The Morgan fingerprint density at radius 1 is 0.531 bits per heavy atom. The fourth-order valence-electron chi connectivity index (χ4n) is 2.98. The number of thioether (sulfide) groups is 4. The third-order valence-corrected chi connectivity index (χ3v) is 10.1. The van der Waals surface area contributed by atoms with Gasteiger partial charge in [-0.1, -0.05) is 83.5 Å². The van der Waals surface area contributed by atoms with Crippen molar-refractivity contribution in [3.63, 3.8) is 0 Å². The summed E-state index contributed by atoms with van der Waals surface area (Å²) in [6.45, 7) is 0. The summed E-state index contributed by atoms with van der Waals surface area (Å²) in [6.07, 6.45) is 8.81. The molecule has 164 valence electrons. The Hall–Kier alpha value is -1.86. The Balaban J connectivity index is 1.31. The molecular weight excluding hydrogens is 469 g/mol. The first-order valence-corrected chi connectivity index (χ1v) is 13.6. The van der Waals surface area contributed by atoms with E-state index in [1.54, 1.807) is 0 Å². The predicted octanol–water partition coefficient (Wildman–Crippen LogP) is 8.31. The van der Waals surface area contributed by atoms with Crippen molar-refractivity contribution < 1.29 is 0 Å². The van der Waals surface area contributed by atoms with E-state index < -0.39 is 0 Å². The van der Waals surface area contributed by atoms with Crippen LogP contribution in [0.3, 0.4) is 0 Å². The van der Waals surface area contributed by atoms with Crippen molar-refractivity contribution in [1.82, 2.24) is 0 Å². The lowest BCUT2D eigenvalue weighted by Crippen LogP contribution is -2.07. The lowest BCUT2D eigenvalue weighted by Gasteiger charge is -2.11. The van der Waals surface area contributed by atoms with Gasteiger partial charge in [0.05, 0.1) is 8.47 Å². The molecule has 32 heavy (non-hydrogen) atoms. The van der Waals surface area contributed by atoms with E-state index >= 15 is 0 Å². The maximum atomic E-state index is 2.25. The number of benzene rings is 2. The average molecular weight is 495 g/mol. The predicted molar refractivity (Wildman–Crippen MR) is 153 cm³/mol. The zero-order valence-corrected chi connectivity index (χ0v) is 21.9. The number of hydrogen-bond donors (Lipinski definition) is 0. The van der Waals surface area contributed by atoms with E-state index in [1.165, 1.54) is 40.8 Å². The van der Waals surface area contributed by atoms with Gasteiger partial charge in [-0.15, -0.1) is 0 Å². The summed E-state index contributed by atoms with van der Waals surface area (Å²) in [5, 5.41) is 4.50. The second kappa shape index (κ2) is 10.8. The molecule has 0 amide bonds. The second-order valence-electron chi connectivity index (χ2n) is 7.69. The molecule has 0 atom stereocenters. The fourth-order valence-corrected chi connectivity index (χ4v) is 7.65. The molecule has 2 aromatic rings. The van der Waals surface area contributed by atoms with Gasteiger partial charge in [0, 0.05) is 49.4 Å². The number of rotatable bonds is 6. The van der Waals surface area contributed by atoms with E-state index in [9.17, 15) is 0 Å². The molecule has 4 rings (SSSR count). The van der Waals surface area contributed by atoms with Crippen LogP contribution in [-0.4, -0.2) is 28.2 Å². The average Bonchev–Trinajstić information content (AvgIpc) is 3.46. The molecular formula is C26H26N2S4. The first kappa shape index (κ1) is 23.3. The van der Waals surface area contributed by atoms with Crippen LogP contribution in [0.4, 0.5) is 11.4 Å². The van der Waals surface area contributed by atoms with Crippen molar-refractivity contribution in [1.29, 1.82) is 0 Å². The van der Waals surface area contributed by atoms with Crippen LogP contribution in [0.5, 0.6) is 0 Å². The highest BCUT2D eigenvalue weighted by Gasteiger charge is 2.20. The van der Waals surface area contributed by atoms with Crippen molar-refractivity contribution >= 4 is 70.6 Å². The number of hydrogen-bond acceptors (Lipinski definition) is 6. The molecule has 0 aromatic heterocycles. The maximum Gasteiger partial charge on any atom is 0.0700 e. The molecule has 0 saturated carbocycles. The lowest BCUT2D eigenvalue weighted by molar-refractivity contribution is 1.13. The summed E-state index contributed by atoms with van der Waals surface area (Å²) in [7, 11) is 8.26. The summed E-state index contributed by atoms with van der Waals surface area (Å²) in [5.41, 5.74) is 4.89. The van der Waals surface area contributed by atoms with E-state index in [0.29, 0.717) is 0 Å². The Bertz CT molecular complexity index is 1020. The Morgan fingerprint density at radius 3 is 1.25 bits per heavy atom. The minimum absolute atomic E-state index is 1.22. The smallest absolute Gasteiger partial charge is 0.0700 e. The number of allylic oxidation sites excluding steroid dienone is 2. The molecule has 0 unspecified atom stereocenters. The zero-order valence-electron chi connectivity index (χ0n) is 18.6. The van der Waals surface area contributed by atoms with E-state index in [-0.39, 0.29) is 0 Å². The second-order valence-corrected chi connectivity index (χ2v) is 12.1. The summed E-state index contributed by atoms with van der Waals surface area (Å²) in [5.74, 6) is 0. The highest BCUT2D eigenvalue weighted by Crippen LogP contribution is 2.55. The summed E-state index contributed by atoms with van der Waals surface area (Å²) in [6, 6.07) is 17.3. The van der Waals surface area contributed by atoms with Crippen molar-refractivity contribution in [2.75, 3.05) is 38.0 Å². The third kappa shape index (κ3) is 6.13. The lowest BCUT2D eigenvalue weighted by atomic mass is 10.2. The van der Waals surface area contributed by atoms with Crippen LogP contribution >= 0.6 is 47.0 Å². The molecule has 0 radical (unpaired) electrons. The van der Waals surface area contributed by atoms with Crippen molar-refractivity contribution in [3.05, 3.63) is 101 Å². The van der Waals surface area contributed by atoms with Gasteiger partial charge in [-0.25, -0.2) is 0 Å². The quantitative estimate of drug-likeness (QED) is 0.395. The maximum absolute atomic E-state index is 2.25. The minimum Gasteiger partial charge on any atom is -0.378 e. The number of nitrogens with zero attached hydrogens (tertiary/aromatic N) is 2. The highest BCUT2D eigenvalue weighted by molar-refractivity contribution is 8.33. The molecule has 0 N–H and O–H groups in total. The summed E-state index contributed by atoms with van der Waals surface area (Å²) in [4.78, 5) is 6.82. The van der Waals surface area contributed by atoms with Crippen LogP contribution in [-0.2, 0) is 0 Å². The zero-order chi connectivity index (χ0) is 22.5. The SMILES string of the molecule is CN(C)c1ccc(C=CC2=CSC(=C3SC=C(C=Cc4ccc(N(C)C)cc4)S3)S2)cc1. The summed E-state index contributed by atoms with van der Waals surface area (Å²) < 4.78 is 2.75. The van der Waals surface area contributed by atoms with Gasteiger partial charge in [-0.3, -0.25) is 0 Å². The molecule has 2 heterocycles. The highest BCUT2D eigenvalue weighted by atomic mass is 32.2. The molecule has 0 fully saturated rings. The first-order chi connectivity index (χ1) is 15.5. The van der Waals surface area contributed by atoms with Crippen LogP contribution < -0.4 is 9.80 Å². The largest absolute Gasteiger partial charge is 0.378 e. The van der Waals surface area contributed by atoms with E-state index in [1.807, 2.05) is 47.0 Å². The molecule has 2 aromatic carbocycles. The Kier molecular flexibility index (Phi) is 7.89. The van der Waals surface area contributed by atoms with Crippen molar-refractivity contribution in [2.45, 2.75) is 0 Å². The van der Waals surface area contributed by atoms with Crippen LogP contribution in [0.1, 0.15) is 11.1 Å². The molecule has 0 saturated heterocycles. The number of anilines is 2. The van der Waals surface area contributed by atoms with Crippen LogP contribution in [0.25, 0.3) is 12.2 Å². The normalized spacial score (nSPS) is 18.5. The van der Waals surface area contributed by atoms with Crippen molar-refractivity contribution in [3.8, 4) is 0 Å². The molecule has 2 aliphatic rings. The van der Waals surface area contributed by atoms with Gasteiger partial charge in [0.25, 0.3) is 0 Å². The molecule has 0 spiro atoms. The van der Waals surface area contributed by atoms with Crippen LogP contribution in [0.15, 0.2) is 89.8 Å². The van der Waals surface area contributed by atoms with Crippen molar-refractivity contribution in [2.24, 2.45) is 0 Å². The molecule has 0 aliphatic carbocycles. The van der Waals surface area contributed by atoms with Gasteiger partial charge in [0.2, 0.25) is 0 Å². The van der Waals surface area contributed by atoms with E-state index in [0.717, 1.165) is 0 Å². The first-order valence-electron chi connectivity index (χ1n) is 10.2. The molecule has 0 bridgehead atoms. The van der Waals surface area contributed by atoms with Crippen LogP contribution in [0, 0.1) is 0 Å². The molecule has 2 aliphatic heterocycles. The fraction of sp³-hybridized carbons (Fsp3) is 0.154. The van der Waals surface area contributed by atoms with Gasteiger partial charge < -0.3 is 9.80 Å². The van der Waals surface area contributed by atoms with Gasteiger partial charge in [0.1, 0.15) is 0 Å². The Morgan fingerprint density at radius 2 is 0.906 bits per heavy atom. The molecule has 6 heteroatoms. The Labute approximate surface area is 208 Å². The van der Waals surface area contributed by atoms with Gasteiger partial charge in [-0.05, 0) is 58.4 Å². The van der Waals surface area contributed by atoms with Gasteiger partial charge in [0.15, 0.2) is 0 Å². The summed E-state index contributed by atoms with van der Waals surface area (Å²) >= 11 is 7.38. The van der Waals surface area contributed by atoms with Gasteiger partial charge in [-0.2, -0.15) is 0 Å². The monoisotopic (exact) mass is 494 g/mol. The minimum atomic E-state index is 1.22. The molecule has 2 nitrogen and oxygen atoms in total. The standard InChI is InChI=1S/C26H26N2S4/c1-27(2)21-11-5-19(6-12-21)9-15-23-17-29-25(31-23)26-30-18-24(32-26)16-10-20-7-13-22(14-8-20)28(3)4/h5-18H,1-4H3. The van der Waals surface area contributed by atoms with E-state index in [2.05, 4.69) is 122 Å². The van der Waals surface area contributed by atoms with Crippen LogP contribution in [0.2, 0.25) is 0 Å². The topological polar surface area (TPSA) is 6.48 Å². The van der Waals surface area contributed by atoms with E-state index in [4.69, 9.17) is 0 Å². The van der Waals surface area contributed by atoms with Gasteiger partial charge >= 0.3 is 0 Å².